The fourth-order valence-electron chi connectivity index (χ4n) is 4.20. The van der Waals surface area contributed by atoms with E-state index < -0.39 is 12.0 Å². The van der Waals surface area contributed by atoms with Crippen LogP contribution in [-0.2, 0) is 33.3 Å². The summed E-state index contributed by atoms with van der Waals surface area (Å²) in [5.74, 6) is 0.387. The molecule has 0 heterocycles. The molecule has 0 saturated heterocycles. The van der Waals surface area contributed by atoms with Gasteiger partial charge in [0.1, 0.15) is 12.4 Å². The van der Waals surface area contributed by atoms with Gasteiger partial charge in [0.05, 0.1) is 72.4 Å². The summed E-state index contributed by atoms with van der Waals surface area (Å²) in [6, 6.07) is 19.4. The predicted octanol–water partition coefficient (Wildman–Crippen LogP) is 3.26. The van der Waals surface area contributed by atoms with Gasteiger partial charge in [-0.3, -0.25) is 9.59 Å². The normalized spacial score (nSPS) is 11.8. The second-order valence-electron chi connectivity index (χ2n) is 8.98. The maximum atomic E-state index is 11.7. The standard InChI is InChI=1S/C31H40N2O8/c1-36-31(35)22-29(33-23-34)25-8-6-24(7-9-25)26-10-11-30(28-5-3-2-4-27(26)28)41-21-20-40-19-18-39-17-16-38-15-14-37-13-12-32/h2-11,23,29H,12-22,32H2,1H3,(H,33,34). The molecule has 3 N–H and O–H groups in total. The van der Waals surface area contributed by atoms with Crippen molar-refractivity contribution in [3.8, 4) is 16.9 Å². The summed E-state index contributed by atoms with van der Waals surface area (Å²) < 4.78 is 32.6. The molecule has 10 heteroatoms. The van der Waals surface area contributed by atoms with E-state index in [-0.39, 0.29) is 6.42 Å². The average molecular weight is 569 g/mol. The first-order valence-corrected chi connectivity index (χ1v) is 13.7. The third-order valence-electron chi connectivity index (χ3n) is 6.24. The Morgan fingerprint density at radius 3 is 1.95 bits per heavy atom. The van der Waals surface area contributed by atoms with E-state index in [1.165, 1.54) is 7.11 Å². The molecule has 1 unspecified atom stereocenters. The van der Waals surface area contributed by atoms with Gasteiger partial charge in [0.15, 0.2) is 0 Å². The van der Waals surface area contributed by atoms with E-state index in [1.54, 1.807) is 0 Å². The van der Waals surface area contributed by atoms with Crippen LogP contribution in [0, 0.1) is 0 Å². The SMILES string of the molecule is COC(=O)CC(NC=O)c1ccc(-c2ccc(OCCOCCOCCOCCOCCN)c3ccccc23)cc1. The van der Waals surface area contributed by atoms with Crippen LogP contribution in [0.3, 0.4) is 0 Å². The van der Waals surface area contributed by atoms with E-state index in [9.17, 15) is 9.59 Å². The summed E-state index contributed by atoms with van der Waals surface area (Å²) in [5.41, 5.74) is 8.23. The average Bonchev–Trinajstić information content (AvgIpc) is 3.01. The van der Waals surface area contributed by atoms with Gasteiger partial charge < -0.3 is 39.5 Å². The van der Waals surface area contributed by atoms with Crippen LogP contribution in [0.5, 0.6) is 5.75 Å². The number of methoxy groups -OCH3 is 1. The van der Waals surface area contributed by atoms with E-state index >= 15 is 0 Å². The van der Waals surface area contributed by atoms with E-state index in [0.717, 1.165) is 33.2 Å². The lowest BCUT2D eigenvalue weighted by atomic mass is 9.95. The highest BCUT2D eigenvalue weighted by atomic mass is 16.6. The lowest BCUT2D eigenvalue weighted by Crippen LogP contribution is -2.23. The number of ether oxygens (including phenoxy) is 6. The summed E-state index contributed by atoms with van der Waals surface area (Å²) in [7, 11) is 1.33. The van der Waals surface area contributed by atoms with Crippen molar-refractivity contribution in [1.29, 1.82) is 0 Å². The van der Waals surface area contributed by atoms with Crippen molar-refractivity contribution in [2.45, 2.75) is 12.5 Å². The first-order valence-electron chi connectivity index (χ1n) is 13.7. The number of nitrogens with one attached hydrogen (secondary N) is 1. The van der Waals surface area contributed by atoms with Crippen LogP contribution < -0.4 is 15.8 Å². The van der Waals surface area contributed by atoms with Crippen molar-refractivity contribution in [2.24, 2.45) is 5.73 Å². The van der Waals surface area contributed by atoms with Gasteiger partial charge in [-0.15, -0.1) is 0 Å². The van der Waals surface area contributed by atoms with Crippen LogP contribution >= 0.6 is 0 Å². The second kappa shape index (κ2) is 18.7. The highest BCUT2D eigenvalue weighted by molar-refractivity contribution is 6.00. The van der Waals surface area contributed by atoms with Crippen LogP contribution in [0.25, 0.3) is 21.9 Å². The summed E-state index contributed by atoms with van der Waals surface area (Å²) in [6.45, 7) is 4.94. The number of esters is 1. The summed E-state index contributed by atoms with van der Waals surface area (Å²) in [5, 5.41) is 4.74. The number of nitrogens with two attached hydrogens (primary N) is 1. The maximum Gasteiger partial charge on any atom is 0.307 e. The molecule has 1 amide bonds. The monoisotopic (exact) mass is 568 g/mol. The van der Waals surface area contributed by atoms with Crippen molar-refractivity contribution in [3.63, 3.8) is 0 Å². The molecule has 0 bridgehead atoms. The molecule has 0 aromatic heterocycles. The summed E-state index contributed by atoms with van der Waals surface area (Å²) in [4.78, 5) is 22.8. The minimum atomic E-state index is -0.457. The molecule has 0 aliphatic rings. The lowest BCUT2D eigenvalue weighted by molar-refractivity contribution is -0.141. The van der Waals surface area contributed by atoms with E-state index in [4.69, 9.17) is 34.2 Å². The van der Waals surface area contributed by atoms with Crippen molar-refractivity contribution in [2.75, 3.05) is 73.1 Å². The van der Waals surface area contributed by atoms with Crippen LogP contribution in [0.15, 0.2) is 60.7 Å². The quantitative estimate of drug-likeness (QED) is 0.113. The Morgan fingerprint density at radius 2 is 1.37 bits per heavy atom. The molecule has 0 aliphatic heterocycles. The molecule has 10 nitrogen and oxygen atoms in total. The smallest absolute Gasteiger partial charge is 0.307 e. The fourth-order valence-corrected chi connectivity index (χ4v) is 4.20. The molecule has 0 saturated carbocycles. The van der Waals surface area contributed by atoms with Crippen molar-refractivity contribution in [1.82, 2.24) is 5.32 Å². The van der Waals surface area contributed by atoms with Gasteiger partial charge in [-0.1, -0.05) is 54.6 Å². The molecule has 3 aromatic rings. The number of carbonyl (C=O) groups excluding carboxylic acids is 2. The highest BCUT2D eigenvalue weighted by Gasteiger charge is 2.16. The van der Waals surface area contributed by atoms with Gasteiger partial charge in [-0.25, -0.2) is 0 Å². The number of hydrogen-bond donors (Lipinski definition) is 2. The Hall–Kier alpha value is -3.54. The Bertz CT molecular complexity index is 1190. The van der Waals surface area contributed by atoms with Crippen LogP contribution in [0.2, 0.25) is 0 Å². The molecule has 0 spiro atoms. The van der Waals surface area contributed by atoms with Gasteiger partial charge in [0.25, 0.3) is 0 Å². The molecular formula is C31H40N2O8. The summed E-state index contributed by atoms with van der Waals surface area (Å²) in [6.07, 6.45) is 0.648. The Balaban J connectivity index is 1.47. The van der Waals surface area contributed by atoms with Gasteiger partial charge in [-0.05, 0) is 28.1 Å². The van der Waals surface area contributed by atoms with Crippen molar-refractivity contribution < 1.29 is 38.0 Å². The van der Waals surface area contributed by atoms with Gasteiger partial charge in [0, 0.05) is 11.9 Å². The maximum absolute atomic E-state index is 11.7. The molecule has 41 heavy (non-hydrogen) atoms. The molecule has 0 fully saturated rings. The molecule has 222 valence electrons. The van der Waals surface area contributed by atoms with E-state index in [0.29, 0.717) is 72.4 Å². The zero-order chi connectivity index (χ0) is 29.1. The van der Waals surface area contributed by atoms with E-state index in [2.05, 4.69) is 11.4 Å². The molecule has 3 aromatic carbocycles. The number of hydrogen-bond acceptors (Lipinski definition) is 9. The number of amides is 1. The second-order valence-corrected chi connectivity index (χ2v) is 8.98. The topological polar surface area (TPSA) is 128 Å². The highest BCUT2D eigenvalue weighted by Crippen LogP contribution is 2.35. The molecule has 0 radical (unpaired) electrons. The van der Waals surface area contributed by atoms with Crippen LogP contribution in [-0.4, -0.2) is 85.5 Å². The molecule has 3 rings (SSSR count). The van der Waals surface area contributed by atoms with Crippen molar-refractivity contribution >= 4 is 23.2 Å². The molecule has 1 atom stereocenters. The van der Waals surface area contributed by atoms with Gasteiger partial charge >= 0.3 is 5.97 Å². The predicted molar refractivity (Wildman–Crippen MR) is 156 cm³/mol. The van der Waals surface area contributed by atoms with E-state index in [1.807, 2.05) is 54.6 Å². The zero-order valence-electron chi connectivity index (χ0n) is 23.5. The van der Waals surface area contributed by atoms with Crippen LogP contribution in [0.1, 0.15) is 18.0 Å². The largest absolute Gasteiger partial charge is 0.491 e. The minimum absolute atomic E-state index is 0.0573. The molecular weight excluding hydrogens is 528 g/mol. The number of carbonyl (C=O) groups is 2. The van der Waals surface area contributed by atoms with Gasteiger partial charge in [-0.2, -0.15) is 0 Å². The third kappa shape index (κ3) is 10.8. The Kier molecular flexibility index (Phi) is 14.6. The number of rotatable bonds is 21. The first-order chi connectivity index (χ1) is 20.2. The Labute approximate surface area is 241 Å². The van der Waals surface area contributed by atoms with Gasteiger partial charge in [0.2, 0.25) is 6.41 Å². The fraction of sp³-hybridized carbons (Fsp3) is 0.419. The Morgan fingerprint density at radius 1 is 0.780 bits per heavy atom. The lowest BCUT2D eigenvalue weighted by Gasteiger charge is -2.16. The number of fused-ring (bicyclic) bond motifs is 1. The molecule has 0 aliphatic carbocycles. The summed E-state index contributed by atoms with van der Waals surface area (Å²) >= 11 is 0. The zero-order valence-corrected chi connectivity index (χ0v) is 23.5. The minimum Gasteiger partial charge on any atom is -0.491 e. The van der Waals surface area contributed by atoms with Crippen LogP contribution in [0.4, 0.5) is 0 Å². The number of benzene rings is 3. The third-order valence-corrected chi connectivity index (χ3v) is 6.24. The first kappa shape index (κ1) is 32.0. The van der Waals surface area contributed by atoms with Crippen molar-refractivity contribution in [3.05, 3.63) is 66.2 Å².